The predicted molar refractivity (Wildman–Crippen MR) is 106 cm³/mol. The molecule has 2 atom stereocenters. The highest BCUT2D eigenvalue weighted by Gasteiger charge is 2.33. The van der Waals surface area contributed by atoms with Gasteiger partial charge in [0.1, 0.15) is 0 Å². The van der Waals surface area contributed by atoms with E-state index in [2.05, 4.69) is 15.4 Å². The van der Waals surface area contributed by atoms with Crippen LogP contribution < -0.4 is 10.6 Å². The molecule has 2 aliphatic rings. The highest BCUT2D eigenvalue weighted by molar-refractivity contribution is 7.89. The lowest BCUT2D eigenvalue weighted by atomic mass is 9.99. The molecule has 2 fully saturated rings. The van der Waals surface area contributed by atoms with E-state index in [1.165, 1.54) is 35.7 Å². The van der Waals surface area contributed by atoms with E-state index in [-0.39, 0.29) is 29.4 Å². The van der Waals surface area contributed by atoms with Gasteiger partial charge in [-0.05, 0) is 49.9 Å². The second-order valence-electron chi connectivity index (χ2n) is 7.22. The van der Waals surface area contributed by atoms with Crippen LogP contribution in [0.2, 0.25) is 0 Å². The summed E-state index contributed by atoms with van der Waals surface area (Å²) in [7, 11) is -2.48. The van der Waals surface area contributed by atoms with Crippen molar-refractivity contribution in [3.8, 4) is 0 Å². The summed E-state index contributed by atoms with van der Waals surface area (Å²) in [5.74, 6) is -0.502. The Bertz CT molecular complexity index is 821. The number of anilines is 1. The topological polar surface area (TPSA) is 114 Å². The van der Waals surface area contributed by atoms with Crippen LogP contribution in [-0.2, 0) is 24.3 Å². The number of benzene rings is 1. The normalized spacial score (nSPS) is 22.8. The van der Waals surface area contributed by atoms with Gasteiger partial charge in [-0.3, -0.25) is 10.1 Å². The van der Waals surface area contributed by atoms with Crippen LogP contribution in [0.4, 0.5) is 10.5 Å². The van der Waals surface area contributed by atoms with E-state index < -0.39 is 16.1 Å². The third-order valence-corrected chi connectivity index (χ3v) is 7.09. The number of rotatable bonds is 6. The van der Waals surface area contributed by atoms with Gasteiger partial charge in [0.05, 0.1) is 24.0 Å². The minimum atomic E-state index is -3.73. The summed E-state index contributed by atoms with van der Waals surface area (Å²) in [6.45, 7) is 1.72. The van der Waals surface area contributed by atoms with Crippen LogP contribution in [0, 0.1) is 5.92 Å². The second kappa shape index (κ2) is 9.55. The summed E-state index contributed by atoms with van der Waals surface area (Å²) >= 11 is 0. The molecule has 0 spiro atoms. The number of hydrogen-bond donors (Lipinski definition) is 2. The second-order valence-corrected chi connectivity index (χ2v) is 9.16. The standard InChI is InChI=1S/C19H27N3O6S/c1-27-19(24)21-15-6-8-17(9-7-15)29(25,26)22-10-2-4-14(13-22)18(23)20-12-16-5-3-11-28-16/h6-9,14,16H,2-5,10-13H2,1H3,(H,20,23)(H,21,24)/t14-,16-/m1/s1. The molecule has 2 saturated heterocycles. The van der Waals surface area contributed by atoms with Crippen molar-refractivity contribution in [3.63, 3.8) is 0 Å². The van der Waals surface area contributed by atoms with Crippen molar-refractivity contribution in [2.24, 2.45) is 5.92 Å². The zero-order valence-corrected chi connectivity index (χ0v) is 17.2. The van der Waals surface area contributed by atoms with Crippen molar-refractivity contribution >= 4 is 27.7 Å². The molecule has 0 bridgehead atoms. The summed E-state index contributed by atoms with van der Waals surface area (Å²) in [5.41, 5.74) is 0.431. The third kappa shape index (κ3) is 5.46. The number of nitrogens with one attached hydrogen (secondary N) is 2. The number of sulfonamides is 1. The van der Waals surface area contributed by atoms with Crippen LogP contribution in [0.25, 0.3) is 0 Å². The van der Waals surface area contributed by atoms with Gasteiger partial charge in [0, 0.05) is 31.9 Å². The van der Waals surface area contributed by atoms with Crippen LogP contribution in [0.3, 0.4) is 0 Å². The largest absolute Gasteiger partial charge is 0.453 e. The summed E-state index contributed by atoms with van der Waals surface area (Å²) in [6, 6.07) is 5.86. The molecule has 0 radical (unpaired) electrons. The summed E-state index contributed by atoms with van der Waals surface area (Å²) in [6.07, 6.45) is 2.65. The smallest absolute Gasteiger partial charge is 0.411 e. The van der Waals surface area contributed by atoms with E-state index in [4.69, 9.17) is 4.74 Å². The quantitative estimate of drug-likeness (QED) is 0.715. The number of methoxy groups -OCH3 is 1. The lowest BCUT2D eigenvalue weighted by Gasteiger charge is -2.31. The number of nitrogens with zero attached hydrogens (tertiary/aromatic N) is 1. The number of hydrogen-bond acceptors (Lipinski definition) is 6. The van der Waals surface area contributed by atoms with E-state index in [0.717, 1.165) is 19.4 Å². The fourth-order valence-corrected chi connectivity index (χ4v) is 5.09. The number of carbonyl (C=O) groups is 2. The molecular formula is C19H27N3O6S. The van der Waals surface area contributed by atoms with Crippen molar-refractivity contribution in [2.75, 3.05) is 38.7 Å². The van der Waals surface area contributed by atoms with Crippen LogP contribution in [-0.4, -0.2) is 64.2 Å². The molecule has 3 rings (SSSR count). The maximum atomic E-state index is 13.0. The SMILES string of the molecule is COC(=O)Nc1ccc(S(=O)(=O)N2CCC[C@@H](C(=O)NC[C@H]3CCCO3)C2)cc1. The minimum absolute atomic E-state index is 0.0551. The zero-order valence-electron chi connectivity index (χ0n) is 16.4. The number of piperidine rings is 1. The van der Waals surface area contributed by atoms with Gasteiger partial charge in [0.15, 0.2) is 0 Å². The van der Waals surface area contributed by atoms with Crippen LogP contribution >= 0.6 is 0 Å². The lowest BCUT2D eigenvalue weighted by Crippen LogP contribution is -2.46. The zero-order chi connectivity index (χ0) is 20.9. The van der Waals surface area contributed by atoms with Gasteiger partial charge in [-0.25, -0.2) is 13.2 Å². The number of ether oxygens (including phenoxy) is 2. The van der Waals surface area contributed by atoms with Crippen molar-refractivity contribution in [1.29, 1.82) is 0 Å². The van der Waals surface area contributed by atoms with Crippen LogP contribution in [0.15, 0.2) is 29.2 Å². The molecule has 160 valence electrons. The highest BCUT2D eigenvalue weighted by atomic mass is 32.2. The van der Waals surface area contributed by atoms with E-state index >= 15 is 0 Å². The maximum absolute atomic E-state index is 13.0. The average Bonchev–Trinajstić information content (AvgIpc) is 3.26. The third-order valence-electron chi connectivity index (χ3n) is 5.21. The summed E-state index contributed by atoms with van der Waals surface area (Å²) < 4.78 is 37.3. The molecule has 1 aromatic carbocycles. The van der Waals surface area contributed by atoms with Gasteiger partial charge >= 0.3 is 6.09 Å². The molecule has 9 nitrogen and oxygen atoms in total. The van der Waals surface area contributed by atoms with Gasteiger partial charge in [0.25, 0.3) is 0 Å². The first kappa shape index (κ1) is 21.5. The Kier molecular flexibility index (Phi) is 7.09. The summed E-state index contributed by atoms with van der Waals surface area (Å²) in [5, 5.41) is 5.38. The Morgan fingerprint density at radius 2 is 1.97 bits per heavy atom. The van der Waals surface area contributed by atoms with Crippen molar-refractivity contribution in [3.05, 3.63) is 24.3 Å². The molecule has 0 saturated carbocycles. The molecule has 1 aromatic rings. The Hall–Kier alpha value is -2.17. The molecule has 2 aliphatic heterocycles. The Balaban J connectivity index is 1.60. The van der Waals surface area contributed by atoms with E-state index in [1.54, 1.807) is 0 Å². The van der Waals surface area contributed by atoms with Gasteiger partial charge in [-0.1, -0.05) is 0 Å². The molecular weight excluding hydrogens is 398 g/mol. The Labute approximate surface area is 170 Å². The molecule has 0 unspecified atom stereocenters. The van der Waals surface area contributed by atoms with Crippen molar-refractivity contribution in [2.45, 2.75) is 36.7 Å². The van der Waals surface area contributed by atoms with Gasteiger partial charge in [-0.2, -0.15) is 4.31 Å². The number of amides is 2. The van der Waals surface area contributed by atoms with Crippen LogP contribution in [0.1, 0.15) is 25.7 Å². The molecule has 10 heteroatoms. The molecule has 0 aromatic heterocycles. The molecule has 2 amide bonds. The van der Waals surface area contributed by atoms with Gasteiger partial charge in [0.2, 0.25) is 15.9 Å². The Morgan fingerprint density at radius 1 is 1.21 bits per heavy atom. The molecule has 2 heterocycles. The first-order chi connectivity index (χ1) is 13.9. The van der Waals surface area contributed by atoms with Crippen LogP contribution in [0.5, 0.6) is 0 Å². The maximum Gasteiger partial charge on any atom is 0.411 e. The monoisotopic (exact) mass is 425 g/mol. The molecule has 0 aliphatic carbocycles. The lowest BCUT2D eigenvalue weighted by molar-refractivity contribution is -0.126. The minimum Gasteiger partial charge on any atom is -0.453 e. The molecule has 29 heavy (non-hydrogen) atoms. The number of carbonyl (C=O) groups excluding carboxylic acids is 2. The van der Waals surface area contributed by atoms with Crippen molar-refractivity contribution < 1.29 is 27.5 Å². The van der Waals surface area contributed by atoms with Gasteiger partial charge in [-0.15, -0.1) is 0 Å². The summed E-state index contributed by atoms with van der Waals surface area (Å²) in [4.78, 5) is 23.9. The van der Waals surface area contributed by atoms with E-state index in [1.807, 2.05) is 0 Å². The van der Waals surface area contributed by atoms with E-state index in [9.17, 15) is 18.0 Å². The fraction of sp³-hybridized carbons (Fsp3) is 0.579. The first-order valence-electron chi connectivity index (χ1n) is 9.74. The Morgan fingerprint density at radius 3 is 2.62 bits per heavy atom. The predicted octanol–water partition coefficient (Wildman–Crippen LogP) is 1.56. The first-order valence-corrected chi connectivity index (χ1v) is 11.2. The highest BCUT2D eigenvalue weighted by Crippen LogP contribution is 2.25. The fourth-order valence-electron chi connectivity index (χ4n) is 3.57. The average molecular weight is 426 g/mol. The molecule has 2 N–H and O–H groups in total. The van der Waals surface area contributed by atoms with Crippen molar-refractivity contribution in [1.82, 2.24) is 9.62 Å². The van der Waals surface area contributed by atoms with E-state index in [0.29, 0.717) is 31.6 Å². The van der Waals surface area contributed by atoms with Gasteiger partial charge < -0.3 is 14.8 Å².